The number of hydrogen-bond donors (Lipinski definition) is 2. The first-order valence-electron chi connectivity index (χ1n) is 7.00. The van der Waals surface area contributed by atoms with Gasteiger partial charge >= 0.3 is 0 Å². The second-order valence-corrected chi connectivity index (χ2v) is 5.34. The summed E-state index contributed by atoms with van der Waals surface area (Å²) in [4.78, 5) is 0. The van der Waals surface area contributed by atoms with Gasteiger partial charge in [-0.1, -0.05) is 30.3 Å². The van der Waals surface area contributed by atoms with E-state index >= 15 is 0 Å². The summed E-state index contributed by atoms with van der Waals surface area (Å²) in [6.07, 6.45) is 1.98. The first-order valence-corrected chi connectivity index (χ1v) is 7.00. The molecule has 0 amide bonds. The van der Waals surface area contributed by atoms with Crippen LogP contribution < -0.4 is 5.32 Å². The van der Waals surface area contributed by atoms with Crippen LogP contribution in [0.3, 0.4) is 0 Å². The van der Waals surface area contributed by atoms with Crippen LogP contribution in [0.5, 0.6) is 0 Å². The molecule has 2 unspecified atom stereocenters. The zero-order valence-electron chi connectivity index (χ0n) is 11.2. The van der Waals surface area contributed by atoms with E-state index in [-0.39, 0.29) is 11.9 Å². The Bertz CT molecular complexity index is 585. The summed E-state index contributed by atoms with van der Waals surface area (Å²) in [6.45, 7) is 0. The molecule has 0 aromatic heterocycles. The van der Waals surface area contributed by atoms with Gasteiger partial charge in [0.1, 0.15) is 5.82 Å². The molecule has 0 spiro atoms. The number of nitrogens with one attached hydrogen (secondary N) is 1. The molecule has 2 N–H and O–H groups in total. The molecule has 1 aliphatic heterocycles. The highest BCUT2D eigenvalue weighted by molar-refractivity contribution is 5.54. The molecule has 3 rings (SSSR count). The molecular weight excluding hydrogens is 253 g/mol. The van der Waals surface area contributed by atoms with E-state index in [9.17, 15) is 9.50 Å². The van der Waals surface area contributed by atoms with Gasteiger partial charge in [0, 0.05) is 11.7 Å². The van der Waals surface area contributed by atoms with Gasteiger partial charge in [0.15, 0.2) is 0 Å². The molecule has 0 bridgehead atoms. The topological polar surface area (TPSA) is 32.3 Å². The van der Waals surface area contributed by atoms with Crippen LogP contribution in [0.15, 0.2) is 48.5 Å². The Morgan fingerprint density at radius 2 is 2.00 bits per heavy atom. The highest BCUT2D eigenvalue weighted by Gasteiger charge is 2.21. The number of hydrogen-bond acceptors (Lipinski definition) is 2. The Labute approximate surface area is 118 Å². The van der Waals surface area contributed by atoms with Crippen molar-refractivity contribution in [2.75, 3.05) is 5.32 Å². The number of halogens is 1. The molecular formula is C17H18FNO. The van der Waals surface area contributed by atoms with Crippen LogP contribution in [0.4, 0.5) is 10.1 Å². The summed E-state index contributed by atoms with van der Waals surface area (Å²) in [5, 5.41) is 13.7. The van der Waals surface area contributed by atoms with Crippen molar-refractivity contribution in [3.05, 3.63) is 65.5 Å². The number of aliphatic hydroxyl groups is 1. The molecule has 3 heteroatoms. The SMILES string of the molecule is OC(CC1CCc2cc(F)ccc2N1)c1ccccc1. The highest BCUT2D eigenvalue weighted by Crippen LogP contribution is 2.29. The standard InChI is InChI=1S/C17H18FNO/c18-14-7-9-16-13(10-14)6-8-15(19-16)11-17(20)12-4-2-1-3-5-12/h1-5,7,9-10,15,17,19-20H,6,8,11H2. The lowest BCUT2D eigenvalue weighted by Crippen LogP contribution is -2.27. The van der Waals surface area contributed by atoms with E-state index in [2.05, 4.69) is 5.32 Å². The Kier molecular flexibility index (Phi) is 3.70. The minimum Gasteiger partial charge on any atom is -0.388 e. The van der Waals surface area contributed by atoms with Crippen molar-refractivity contribution in [3.8, 4) is 0 Å². The monoisotopic (exact) mass is 271 g/mol. The average Bonchev–Trinajstić information content (AvgIpc) is 2.48. The molecule has 0 radical (unpaired) electrons. The van der Waals surface area contributed by atoms with Gasteiger partial charge in [-0.25, -0.2) is 4.39 Å². The summed E-state index contributed by atoms with van der Waals surface area (Å²) in [6, 6.07) is 14.8. The molecule has 104 valence electrons. The van der Waals surface area contributed by atoms with Crippen LogP contribution in [0.2, 0.25) is 0 Å². The van der Waals surface area contributed by atoms with Crippen molar-refractivity contribution in [3.63, 3.8) is 0 Å². The fourth-order valence-corrected chi connectivity index (χ4v) is 2.79. The van der Waals surface area contributed by atoms with Gasteiger partial charge in [-0.2, -0.15) is 0 Å². The summed E-state index contributed by atoms with van der Waals surface area (Å²) in [5.41, 5.74) is 2.96. The maximum Gasteiger partial charge on any atom is 0.123 e. The van der Waals surface area contributed by atoms with Crippen LogP contribution in [0.25, 0.3) is 0 Å². The molecule has 1 heterocycles. The average molecular weight is 271 g/mol. The molecule has 2 nitrogen and oxygen atoms in total. The fourth-order valence-electron chi connectivity index (χ4n) is 2.79. The van der Waals surface area contributed by atoms with Gasteiger partial charge in [-0.05, 0) is 48.6 Å². The van der Waals surface area contributed by atoms with Gasteiger partial charge in [-0.15, -0.1) is 0 Å². The van der Waals surface area contributed by atoms with Crippen LogP contribution >= 0.6 is 0 Å². The quantitative estimate of drug-likeness (QED) is 0.892. The van der Waals surface area contributed by atoms with Crippen molar-refractivity contribution in [2.24, 2.45) is 0 Å². The van der Waals surface area contributed by atoms with Crippen LogP contribution in [0, 0.1) is 5.82 Å². The maximum absolute atomic E-state index is 13.2. The van der Waals surface area contributed by atoms with Gasteiger partial charge in [0.05, 0.1) is 6.10 Å². The fraction of sp³-hybridized carbons (Fsp3) is 0.294. The number of aryl methyl sites for hydroxylation is 1. The molecule has 0 saturated heterocycles. The second kappa shape index (κ2) is 5.63. The van der Waals surface area contributed by atoms with Crippen molar-refractivity contribution < 1.29 is 9.50 Å². The normalized spacial score (nSPS) is 19.0. The molecule has 0 aliphatic carbocycles. The first kappa shape index (κ1) is 13.1. The summed E-state index contributed by atoms with van der Waals surface area (Å²) >= 11 is 0. The zero-order valence-corrected chi connectivity index (χ0v) is 11.2. The van der Waals surface area contributed by atoms with E-state index < -0.39 is 6.10 Å². The third kappa shape index (κ3) is 2.83. The molecule has 1 aliphatic rings. The number of aliphatic hydroxyl groups excluding tert-OH is 1. The Balaban J connectivity index is 1.67. The minimum atomic E-state index is -0.462. The predicted molar refractivity (Wildman–Crippen MR) is 78.2 cm³/mol. The summed E-state index contributed by atoms with van der Waals surface area (Å²) in [5.74, 6) is -0.187. The van der Waals surface area contributed by atoms with Gasteiger partial charge in [0.2, 0.25) is 0 Å². The summed E-state index contributed by atoms with van der Waals surface area (Å²) in [7, 11) is 0. The number of benzene rings is 2. The number of rotatable bonds is 3. The lowest BCUT2D eigenvalue weighted by Gasteiger charge is -2.28. The molecule has 2 aromatic rings. The van der Waals surface area contributed by atoms with Crippen molar-refractivity contribution >= 4 is 5.69 Å². The molecule has 0 fully saturated rings. The van der Waals surface area contributed by atoms with Crippen molar-refractivity contribution in [1.82, 2.24) is 0 Å². The van der Waals surface area contributed by atoms with Gasteiger partial charge in [-0.3, -0.25) is 0 Å². The number of fused-ring (bicyclic) bond motifs is 1. The smallest absolute Gasteiger partial charge is 0.123 e. The lowest BCUT2D eigenvalue weighted by molar-refractivity contribution is 0.158. The third-order valence-electron chi connectivity index (χ3n) is 3.88. The van der Waals surface area contributed by atoms with Crippen molar-refractivity contribution in [2.45, 2.75) is 31.4 Å². The Morgan fingerprint density at radius 1 is 1.20 bits per heavy atom. The Hall–Kier alpha value is -1.87. The second-order valence-electron chi connectivity index (χ2n) is 5.34. The van der Waals surface area contributed by atoms with Crippen LogP contribution in [-0.2, 0) is 6.42 Å². The van der Waals surface area contributed by atoms with Gasteiger partial charge in [0.25, 0.3) is 0 Å². The maximum atomic E-state index is 13.2. The summed E-state index contributed by atoms with van der Waals surface area (Å²) < 4.78 is 13.2. The van der Waals surface area contributed by atoms with E-state index in [1.165, 1.54) is 6.07 Å². The van der Waals surface area contributed by atoms with E-state index in [0.29, 0.717) is 6.42 Å². The van der Waals surface area contributed by atoms with Crippen LogP contribution in [0.1, 0.15) is 30.1 Å². The Morgan fingerprint density at radius 3 is 2.80 bits per heavy atom. The third-order valence-corrected chi connectivity index (χ3v) is 3.88. The first-order chi connectivity index (χ1) is 9.72. The number of anilines is 1. The molecule has 2 aromatic carbocycles. The van der Waals surface area contributed by atoms with E-state index in [1.807, 2.05) is 30.3 Å². The van der Waals surface area contributed by atoms with Crippen molar-refractivity contribution in [1.29, 1.82) is 0 Å². The molecule has 0 saturated carbocycles. The predicted octanol–water partition coefficient (Wildman–Crippen LogP) is 3.68. The molecule has 20 heavy (non-hydrogen) atoms. The highest BCUT2D eigenvalue weighted by atomic mass is 19.1. The minimum absolute atomic E-state index is 0.187. The lowest BCUT2D eigenvalue weighted by atomic mass is 9.93. The molecule has 2 atom stereocenters. The largest absolute Gasteiger partial charge is 0.388 e. The zero-order chi connectivity index (χ0) is 13.9. The van der Waals surface area contributed by atoms with Crippen LogP contribution in [-0.4, -0.2) is 11.1 Å². The van der Waals surface area contributed by atoms with E-state index in [0.717, 1.165) is 29.7 Å². The van der Waals surface area contributed by atoms with E-state index in [1.54, 1.807) is 12.1 Å². The van der Waals surface area contributed by atoms with Gasteiger partial charge < -0.3 is 10.4 Å². The van der Waals surface area contributed by atoms with E-state index in [4.69, 9.17) is 0 Å².